The molecule has 146 valence electrons. The van der Waals surface area contributed by atoms with Gasteiger partial charge in [-0.2, -0.15) is 0 Å². The second-order valence-electron chi connectivity index (χ2n) is 7.97. The molecule has 0 saturated carbocycles. The molecule has 4 heterocycles. The first-order valence-electron chi connectivity index (χ1n) is 9.93. The molecule has 29 heavy (non-hydrogen) atoms. The molecule has 3 aliphatic rings. The van der Waals surface area contributed by atoms with Crippen LogP contribution >= 0.6 is 0 Å². The Morgan fingerprint density at radius 3 is 2.93 bits per heavy atom. The second-order valence-corrected chi connectivity index (χ2v) is 7.97. The molecule has 1 spiro atoms. The van der Waals surface area contributed by atoms with Crippen LogP contribution in [0.2, 0.25) is 0 Å². The molecule has 0 aliphatic carbocycles. The number of hydrogen-bond acceptors (Lipinski definition) is 4. The van der Waals surface area contributed by atoms with Gasteiger partial charge in [0.15, 0.2) is 5.72 Å². The van der Waals surface area contributed by atoms with Gasteiger partial charge in [-0.25, -0.2) is 4.98 Å². The summed E-state index contributed by atoms with van der Waals surface area (Å²) in [6, 6.07) is 15.2. The summed E-state index contributed by atoms with van der Waals surface area (Å²) in [5.41, 5.74) is 2.62. The molecule has 2 amide bonds. The number of likely N-dealkylation sites (tertiary alicyclic amines) is 1. The first kappa shape index (κ1) is 16.7. The first-order valence-corrected chi connectivity index (χ1v) is 9.93. The van der Waals surface area contributed by atoms with E-state index in [0.29, 0.717) is 31.5 Å². The van der Waals surface area contributed by atoms with Crippen molar-refractivity contribution in [1.82, 2.24) is 19.8 Å². The van der Waals surface area contributed by atoms with E-state index in [0.717, 1.165) is 16.6 Å². The van der Waals surface area contributed by atoms with Gasteiger partial charge in [0.25, 0.3) is 5.91 Å². The zero-order valence-corrected chi connectivity index (χ0v) is 15.7. The summed E-state index contributed by atoms with van der Waals surface area (Å²) in [6.45, 7) is 1.12. The predicted octanol–water partition coefficient (Wildman–Crippen LogP) is 2.48. The molecule has 7 heteroatoms. The van der Waals surface area contributed by atoms with Crippen LogP contribution in [0.4, 0.5) is 0 Å². The molecule has 3 aliphatic heterocycles. The van der Waals surface area contributed by atoms with E-state index < -0.39 is 5.72 Å². The molecule has 1 aromatic heterocycles. The van der Waals surface area contributed by atoms with Gasteiger partial charge in [-0.3, -0.25) is 9.59 Å². The predicted molar refractivity (Wildman–Crippen MR) is 105 cm³/mol. The van der Waals surface area contributed by atoms with Gasteiger partial charge in [0, 0.05) is 18.5 Å². The Balaban J connectivity index is 1.31. The Hall–Kier alpha value is -3.19. The lowest BCUT2D eigenvalue weighted by Gasteiger charge is -2.32. The van der Waals surface area contributed by atoms with Gasteiger partial charge >= 0.3 is 0 Å². The highest BCUT2D eigenvalue weighted by Crippen LogP contribution is 2.50. The van der Waals surface area contributed by atoms with Crippen LogP contribution < -0.4 is 0 Å². The number of amides is 2. The van der Waals surface area contributed by atoms with Crippen molar-refractivity contribution in [1.29, 1.82) is 0 Å². The topological polar surface area (TPSA) is 78.5 Å². The number of carbonyl (C=O) groups excluding carboxylic acids is 2. The van der Waals surface area contributed by atoms with Gasteiger partial charge in [-0.1, -0.05) is 30.3 Å². The van der Waals surface area contributed by atoms with E-state index in [1.54, 1.807) is 12.4 Å². The van der Waals surface area contributed by atoms with Gasteiger partial charge in [-0.15, -0.1) is 0 Å². The van der Waals surface area contributed by atoms with Gasteiger partial charge in [0.1, 0.15) is 6.10 Å². The molecule has 1 N–H and O–H groups in total. The number of hydrogen-bond donors (Lipinski definition) is 1. The van der Waals surface area contributed by atoms with E-state index >= 15 is 0 Å². The normalized spacial score (nSPS) is 28.2. The molecule has 0 radical (unpaired) electrons. The van der Waals surface area contributed by atoms with E-state index in [9.17, 15) is 9.59 Å². The summed E-state index contributed by atoms with van der Waals surface area (Å²) in [6.07, 6.45) is 2.43. The Morgan fingerprint density at radius 2 is 2.07 bits per heavy atom. The number of H-pyrrole nitrogens is 1. The summed E-state index contributed by atoms with van der Waals surface area (Å²) in [5, 5.41) is 0. The zero-order valence-electron chi connectivity index (χ0n) is 15.7. The quantitative estimate of drug-likeness (QED) is 0.732. The number of nitrogens with zero attached hydrogens (tertiary/aromatic N) is 3. The fraction of sp³-hybridized carbons (Fsp3) is 0.318. The Morgan fingerprint density at radius 1 is 1.21 bits per heavy atom. The number of carbonyl (C=O) groups is 2. The third-order valence-corrected chi connectivity index (χ3v) is 6.53. The maximum atomic E-state index is 13.3. The number of benzene rings is 2. The van der Waals surface area contributed by atoms with Gasteiger partial charge < -0.3 is 19.5 Å². The second kappa shape index (κ2) is 5.90. The number of aromatic nitrogens is 2. The summed E-state index contributed by atoms with van der Waals surface area (Å²) >= 11 is 0. The van der Waals surface area contributed by atoms with Crippen molar-refractivity contribution in [3.05, 3.63) is 66.0 Å². The van der Waals surface area contributed by atoms with E-state index in [1.165, 1.54) is 0 Å². The lowest BCUT2D eigenvalue weighted by Crippen LogP contribution is -2.48. The summed E-state index contributed by atoms with van der Waals surface area (Å²) in [4.78, 5) is 37.0. The highest BCUT2D eigenvalue weighted by Gasteiger charge is 2.65. The molecule has 2 aromatic carbocycles. The fourth-order valence-electron chi connectivity index (χ4n) is 5.14. The molecule has 6 rings (SSSR count). The minimum absolute atomic E-state index is 0.0648. The number of aromatic amines is 1. The average molecular weight is 388 g/mol. The monoisotopic (exact) mass is 388 g/mol. The molecular formula is C22H20N4O3. The van der Waals surface area contributed by atoms with Crippen molar-refractivity contribution in [3.8, 4) is 0 Å². The van der Waals surface area contributed by atoms with Crippen LogP contribution in [-0.2, 0) is 9.53 Å². The highest BCUT2D eigenvalue weighted by molar-refractivity contribution is 5.98. The van der Waals surface area contributed by atoms with Crippen molar-refractivity contribution in [2.45, 2.75) is 30.7 Å². The average Bonchev–Trinajstić information content (AvgIpc) is 3.49. The van der Waals surface area contributed by atoms with Crippen LogP contribution in [0, 0.1) is 0 Å². The summed E-state index contributed by atoms with van der Waals surface area (Å²) in [7, 11) is 0. The van der Waals surface area contributed by atoms with Crippen LogP contribution in [0.25, 0.3) is 11.0 Å². The van der Waals surface area contributed by atoms with Crippen LogP contribution in [0.5, 0.6) is 0 Å². The number of fused-ring (bicyclic) bond motifs is 1. The van der Waals surface area contributed by atoms with Crippen molar-refractivity contribution in [2.75, 3.05) is 13.1 Å². The lowest BCUT2D eigenvalue weighted by atomic mass is 10.1. The maximum Gasteiger partial charge on any atom is 0.254 e. The van der Waals surface area contributed by atoms with E-state index in [1.807, 2.05) is 52.3 Å². The fourth-order valence-corrected chi connectivity index (χ4v) is 5.14. The number of rotatable bonds is 2. The van der Waals surface area contributed by atoms with Crippen molar-refractivity contribution in [3.63, 3.8) is 0 Å². The molecular weight excluding hydrogens is 368 g/mol. The minimum Gasteiger partial charge on any atom is -0.345 e. The number of imidazole rings is 1. The van der Waals surface area contributed by atoms with E-state index in [-0.39, 0.29) is 24.0 Å². The first-order chi connectivity index (χ1) is 14.2. The molecule has 3 saturated heterocycles. The molecule has 3 atom stereocenters. The number of nitrogens with one attached hydrogen (secondary N) is 1. The maximum absolute atomic E-state index is 13.3. The standard InChI is InChI=1S/C22H20N4O3/c27-20-11-19-22(26(20)12-18(29-22)14-4-2-1-3-5-14)8-9-25(19)21(28)15-6-7-16-17(10-15)24-13-23-16/h1-7,10,13,18-19H,8-9,11-12H2,(H,23,24)/t18-,19+,22-/m0/s1. The highest BCUT2D eigenvalue weighted by atomic mass is 16.5. The third kappa shape index (κ3) is 2.31. The zero-order chi connectivity index (χ0) is 19.6. The van der Waals surface area contributed by atoms with Gasteiger partial charge in [0.2, 0.25) is 5.91 Å². The molecule has 0 bridgehead atoms. The summed E-state index contributed by atoms with van der Waals surface area (Å²) < 4.78 is 6.52. The van der Waals surface area contributed by atoms with E-state index in [2.05, 4.69) is 9.97 Å². The Kier molecular flexibility index (Phi) is 3.41. The smallest absolute Gasteiger partial charge is 0.254 e. The molecule has 0 unspecified atom stereocenters. The van der Waals surface area contributed by atoms with Crippen molar-refractivity contribution >= 4 is 22.8 Å². The SMILES string of the molecule is O=C(c1ccc2nc[nH]c2c1)N1CC[C@@]23O[C@H](c4ccccc4)CN2C(=O)C[C@@H]13. The van der Waals surface area contributed by atoms with E-state index in [4.69, 9.17) is 4.74 Å². The largest absolute Gasteiger partial charge is 0.345 e. The number of ether oxygens (including phenoxy) is 1. The third-order valence-electron chi connectivity index (χ3n) is 6.53. The molecule has 3 fully saturated rings. The molecule has 7 nitrogen and oxygen atoms in total. The minimum atomic E-state index is -0.703. The lowest BCUT2D eigenvalue weighted by molar-refractivity contribution is -0.138. The van der Waals surface area contributed by atoms with Gasteiger partial charge in [-0.05, 0) is 23.8 Å². The van der Waals surface area contributed by atoms with Gasteiger partial charge in [0.05, 0.1) is 36.4 Å². The van der Waals surface area contributed by atoms with Crippen LogP contribution in [0.3, 0.4) is 0 Å². The summed E-state index contributed by atoms with van der Waals surface area (Å²) in [5.74, 6) is -0.000243. The van der Waals surface area contributed by atoms with Crippen LogP contribution in [0.1, 0.15) is 34.9 Å². The Labute approximate surface area is 167 Å². The van der Waals surface area contributed by atoms with Crippen molar-refractivity contribution in [2.24, 2.45) is 0 Å². The molecule has 3 aromatic rings. The Bertz CT molecular complexity index is 1130. The van der Waals surface area contributed by atoms with Crippen LogP contribution in [0.15, 0.2) is 54.9 Å². The van der Waals surface area contributed by atoms with Crippen molar-refractivity contribution < 1.29 is 14.3 Å². The van der Waals surface area contributed by atoms with Crippen LogP contribution in [-0.4, -0.2) is 56.4 Å².